The van der Waals surface area contributed by atoms with Gasteiger partial charge in [-0.3, -0.25) is 9.35 Å². The molecule has 2 fully saturated rings. The van der Waals surface area contributed by atoms with E-state index in [1.165, 1.54) is 12.1 Å². The van der Waals surface area contributed by atoms with Crippen LogP contribution in [0.15, 0.2) is 52.9 Å². The minimum atomic E-state index is -4.27. The van der Waals surface area contributed by atoms with E-state index in [1.54, 1.807) is 6.07 Å². The number of ketones is 1. The maximum absolute atomic E-state index is 13.1. The van der Waals surface area contributed by atoms with Gasteiger partial charge in [-0.25, -0.2) is 4.98 Å². The van der Waals surface area contributed by atoms with Crippen LogP contribution in [0.3, 0.4) is 0 Å². The fourth-order valence-electron chi connectivity index (χ4n) is 5.30. The number of carbonyl (C=O) groups excluding carboxylic acids is 1. The first-order valence-electron chi connectivity index (χ1n) is 10.3. The summed E-state index contributed by atoms with van der Waals surface area (Å²) in [5.41, 5.74) is 3.62. The summed E-state index contributed by atoms with van der Waals surface area (Å²) in [5, 5.41) is 0. The largest absolute Gasteiger partial charge is 0.338 e. The van der Waals surface area contributed by atoms with Gasteiger partial charge in [-0.1, -0.05) is 45.0 Å². The Hall–Kier alpha value is -2.77. The molecule has 2 atom stereocenters. The average Bonchev–Trinajstić information content (AvgIpc) is 3.27. The van der Waals surface area contributed by atoms with E-state index >= 15 is 0 Å². The van der Waals surface area contributed by atoms with E-state index in [9.17, 15) is 17.8 Å². The Morgan fingerprint density at radius 3 is 2.45 bits per heavy atom. The summed E-state index contributed by atoms with van der Waals surface area (Å²) >= 11 is 0. The minimum Gasteiger partial charge on any atom is -0.338 e. The Balaban J connectivity index is 1.46. The van der Waals surface area contributed by atoms with Crippen LogP contribution < -0.4 is 0 Å². The molecule has 2 aliphatic carbocycles. The van der Waals surface area contributed by atoms with E-state index in [1.807, 2.05) is 30.3 Å². The number of aromatic amines is 1. The van der Waals surface area contributed by atoms with Gasteiger partial charge >= 0.3 is 0 Å². The van der Waals surface area contributed by atoms with Crippen LogP contribution in [-0.2, 0) is 14.9 Å². The zero-order valence-corrected chi connectivity index (χ0v) is 18.5. The number of carbonyl (C=O) groups is 1. The molecule has 31 heavy (non-hydrogen) atoms. The molecular weight excluding hydrogens is 412 g/mol. The Labute approximate surface area is 181 Å². The van der Waals surface area contributed by atoms with Crippen molar-refractivity contribution in [2.24, 2.45) is 16.7 Å². The molecule has 2 unspecified atom stereocenters. The third-order valence-electron chi connectivity index (χ3n) is 7.62. The van der Waals surface area contributed by atoms with Gasteiger partial charge in [0.1, 0.15) is 5.82 Å². The predicted octanol–water partition coefficient (Wildman–Crippen LogP) is 4.89. The van der Waals surface area contributed by atoms with Crippen LogP contribution in [0.5, 0.6) is 0 Å². The number of allylic oxidation sites excluding steroid dienone is 1. The Kier molecular flexibility index (Phi) is 4.14. The van der Waals surface area contributed by atoms with Gasteiger partial charge in [-0.05, 0) is 59.6 Å². The van der Waals surface area contributed by atoms with Crippen molar-refractivity contribution in [2.45, 2.75) is 38.5 Å². The first kappa shape index (κ1) is 20.2. The lowest BCUT2D eigenvalue weighted by molar-refractivity contribution is -0.125. The lowest BCUT2D eigenvalue weighted by Gasteiger charge is -2.31. The van der Waals surface area contributed by atoms with Crippen LogP contribution in [0.4, 0.5) is 0 Å². The molecule has 160 valence electrons. The van der Waals surface area contributed by atoms with Gasteiger partial charge in [0, 0.05) is 11.0 Å². The van der Waals surface area contributed by atoms with Crippen LogP contribution in [-0.4, -0.2) is 28.7 Å². The van der Waals surface area contributed by atoms with Crippen molar-refractivity contribution in [3.63, 3.8) is 0 Å². The van der Waals surface area contributed by atoms with Crippen LogP contribution in [0.1, 0.15) is 39.2 Å². The third-order valence-corrected chi connectivity index (χ3v) is 8.47. The zero-order valence-electron chi connectivity index (χ0n) is 17.6. The summed E-state index contributed by atoms with van der Waals surface area (Å²) in [6.45, 7) is 6.53. The summed E-state index contributed by atoms with van der Waals surface area (Å²) in [5.74, 6) is 1.19. The van der Waals surface area contributed by atoms with Crippen LogP contribution in [0.2, 0.25) is 0 Å². The molecule has 0 spiro atoms. The Morgan fingerprint density at radius 2 is 1.84 bits per heavy atom. The molecule has 0 amide bonds. The summed E-state index contributed by atoms with van der Waals surface area (Å²) in [6, 6.07) is 12.0. The van der Waals surface area contributed by atoms with E-state index in [0.29, 0.717) is 22.8 Å². The second kappa shape index (κ2) is 6.37. The monoisotopic (exact) mass is 436 g/mol. The van der Waals surface area contributed by atoms with Crippen molar-refractivity contribution in [2.75, 3.05) is 0 Å². The number of aromatic nitrogens is 2. The van der Waals surface area contributed by atoms with Crippen LogP contribution in [0.25, 0.3) is 28.5 Å². The first-order chi connectivity index (χ1) is 14.5. The van der Waals surface area contributed by atoms with E-state index in [2.05, 4.69) is 30.7 Å². The number of benzene rings is 2. The number of Topliss-reactive ketones (excluding diaryl/α,β-unsaturated/α-hetero) is 1. The molecule has 0 radical (unpaired) electrons. The molecule has 0 aliphatic heterocycles. The average molecular weight is 437 g/mol. The molecular formula is C24H24N2O4S. The topological polar surface area (TPSA) is 100 Å². The van der Waals surface area contributed by atoms with Crippen molar-refractivity contribution in [1.82, 2.24) is 9.97 Å². The molecule has 6 nitrogen and oxygen atoms in total. The van der Waals surface area contributed by atoms with Gasteiger partial charge in [-0.15, -0.1) is 0 Å². The molecule has 3 aromatic rings. The maximum atomic E-state index is 13.1. The second-order valence-corrected chi connectivity index (χ2v) is 10.9. The summed E-state index contributed by atoms with van der Waals surface area (Å²) in [4.78, 5) is 20.5. The molecule has 0 saturated heterocycles. The predicted molar refractivity (Wildman–Crippen MR) is 119 cm³/mol. The molecule has 2 aromatic carbocycles. The highest BCUT2D eigenvalue weighted by Crippen LogP contribution is 2.65. The molecule has 2 aliphatic rings. The summed E-state index contributed by atoms with van der Waals surface area (Å²) < 4.78 is 31.9. The highest BCUT2D eigenvalue weighted by atomic mass is 32.2. The Bertz CT molecular complexity index is 1370. The summed E-state index contributed by atoms with van der Waals surface area (Å²) in [7, 11) is -4.27. The van der Waals surface area contributed by atoms with Gasteiger partial charge < -0.3 is 4.98 Å². The van der Waals surface area contributed by atoms with E-state index in [4.69, 9.17) is 0 Å². The van der Waals surface area contributed by atoms with Gasteiger partial charge in [0.15, 0.2) is 5.78 Å². The molecule has 5 rings (SSSR count). The van der Waals surface area contributed by atoms with Crippen molar-refractivity contribution < 1.29 is 17.8 Å². The van der Waals surface area contributed by atoms with Gasteiger partial charge in [-0.2, -0.15) is 8.42 Å². The minimum absolute atomic E-state index is 0.00889. The molecule has 2 bridgehead atoms. The summed E-state index contributed by atoms with van der Waals surface area (Å²) in [6.07, 6.45) is 4.05. The lowest BCUT2D eigenvalue weighted by Crippen LogP contribution is -2.32. The lowest BCUT2D eigenvalue weighted by atomic mass is 9.70. The van der Waals surface area contributed by atoms with Gasteiger partial charge in [0.2, 0.25) is 0 Å². The van der Waals surface area contributed by atoms with Crippen LogP contribution >= 0.6 is 0 Å². The van der Waals surface area contributed by atoms with E-state index in [-0.39, 0.29) is 21.5 Å². The maximum Gasteiger partial charge on any atom is 0.294 e. The van der Waals surface area contributed by atoms with Gasteiger partial charge in [0.25, 0.3) is 10.1 Å². The fraction of sp³-hybridized carbons (Fsp3) is 0.333. The van der Waals surface area contributed by atoms with Gasteiger partial charge in [0.05, 0.1) is 15.9 Å². The van der Waals surface area contributed by atoms with Crippen molar-refractivity contribution in [3.8, 4) is 11.4 Å². The first-order valence-corrected chi connectivity index (χ1v) is 11.8. The second-order valence-electron chi connectivity index (χ2n) is 9.44. The van der Waals surface area contributed by atoms with Crippen LogP contribution in [0, 0.1) is 16.7 Å². The molecule has 2 saturated carbocycles. The number of rotatable bonds is 3. The number of nitrogens with zero attached hydrogens (tertiary/aromatic N) is 1. The molecule has 1 aromatic heterocycles. The smallest absolute Gasteiger partial charge is 0.294 e. The fourth-order valence-corrected chi connectivity index (χ4v) is 5.80. The Morgan fingerprint density at radius 1 is 1.13 bits per heavy atom. The van der Waals surface area contributed by atoms with E-state index < -0.39 is 10.1 Å². The highest BCUT2D eigenvalue weighted by Gasteiger charge is 2.63. The SMILES string of the molecule is CC12CCC(/C(=C/c3ccc(-c4nc5ccc(S(=O)(=O)O)cc5[nH]4)cc3)C1=O)C2(C)C. The number of hydrogen-bond acceptors (Lipinski definition) is 4. The molecule has 1 heterocycles. The number of nitrogens with one attached hydrogen (secondary N) is 1. The van der Waals surface area contributed by atoms with Crippen molar-refractivity contribution in [1.29, 1.82) is 0 Å². The number of imidazole rings is 1. The van der Waals surface area contributed by atoms with Crippen molar-refractivity contribution in [3.05, 3.63) is 53.6 Å². The number of hydrogen-bond donors (Lipinski definition) is 2. The normalized spacial score (nSPS) is 26.3. The quantitative estimate of drug-likeness (QED) is 0.450. The number of H-pyrrole nitrogens is 1. The zero-order chi connectivity index (χ0) is 22.2. The van der Waals surface area contributed by atoms with Crippen molar-refractivity contribution >= 4 is 33.0 Å². The molecule has 7 heteroatoms. The van der Waals surface area contributed by atoms with E-state index in [0.717, 1.165) is 29.5 Å². The number of fused-ring (bicyclic) bond motifs is 3. The molecule has 2 N–H and O–H groups in total. The third kappa shape index (κ3) is 2.91. The highest BCUT2D eigenvalue weighted by molar-refractivity contribution is 7.85. The standard InChI is InChI=1S/C24H24N2O4S/c1-23(2)18-10-11-24(23,3)21(27)17(18)12-14-4-6-15(7-5-14)22-25-19-9-8-16(31(28,29)30)13-20(19)26-22/h4-9,12-13,18H,10-11H2,1-3H3,(H,25,26)(H,28,29,30)/b17-12-.